The molecule has 14 aromatic rings. The summed E-state index contributed by atoms with van der Waals surface area (Å²) in [4.78, 5) is 44.8. The van der Waals surface area contributed by atoms with Gasteiger partial charge in [-0.25, -0.2) is 0 Å². The molecule has 10 aromatic carbocycles. The minimum atomic E-state index is -4.80. The van der Waals surface area contributed by atoms with Gasteiger partial charge in [-0.05, 0) is 183 Å². The second-order valence-corrected chi connectivity index (χ2v) is 26.0. The van der Waals surface area contributed by atoms with Crippen molar-refractivity contribution < 1.29 is 73.7 Å². The minimum Gasteiger partial charge on any atom is -0.662 e. The van der Waals surface area contributed by atoms with E-state index in [-0.39, 0.29) is 36.0 Å². The van der Waals surface area contributed by atoms with Crippen LogP contribution in [0.3, 0.4) is 0 Å². The molecule has 19 heteroatoms. The van der Waals surface area contributed by atoms with Crippen molar-refractivity contribution in [1.82, 2.24) is 0 Å². The van der Waals surface area contributed by atoms with Crippen LogP contribution in [-0.4, -0.2) is 39.3 Å². The van der Waals surface area contributed by atoms with E-state index in [4.69, 9.17) is 31.7 Å². The number of carbonyl (C=O) groups is 2. The molecule has 4 heterocycles. The predicted octanol–water partition coefficient (Wildman–Crippen LogP) is 14.9. The van der Waals surface area contributed by atoms with Gasteiger partial charge in [-0.1, -0.05) is 186 Å². The van der Waals surface area contributed by atoms with E-state index < -0.39 is 26.3 Å². The Labute approximate surface area is 566 Å². The molecule has 10 nitrogen and oxygen atoms in total. The van der Waals surface area contributed by atoms with Gasteiger partial charge in [0.25, 0.3) is 6.47 Å². The zero-order valence-corrected chi connectivity index (χ0v) is 56.1. The van der Waals surface area contributed by atoms with Crippen LogP contribution in [-0.2, 0) is 24.9 Å². The zero-order valence-electron chi connectivity index (χ0n) is 47.6. The first-order chi connectivity index (χ1) is 42.8. The number of benzene rings is 10. The number of fused-ring (bicyclic) bond motifs is 5. The summed E-state index contributed by atoms with van der Waals surface area (Å²) >= 11 is 16.1. The van der Waals surface area contributed by atoms with Gasteiger partial charge in [0, 0.05) is 34.8 Å². The van der Waals surface area contributed by atoms with Crippen molar-refractivity contribution in [2.24, 2.45) is 0 Å². The Morgan fingerprint density at radius 3 is 1.52 bits per heavy atom. The van der Waals surface area contributed by atoms with Crippen LogP contribution in [0.25, 0.3) is 84.5 Å². The summed E-state index contributed by atoms with van der Waals surface area (Å²) in [7, 11) is -6.14. The molecule has 0 fully saturated rings. The summed E-state index contributed by atoms with van der Waals surface area (Å²) in [6, 6.07) is 82.1. The van der Waals surface area contributed by atoms with Crippen molar-refractivity contribution in [2.75, 3.05) is 5.32 Å². The van der Waals surface area contributed by atoms with Gasteiger partial charge in [0.05, 0.1) is 0 Å². The maximum Gasteiger partial charge on any atom is 1.00 e. The van der Waals surface area contributed by atoms with Crippen molar-refractivity contribution in [2.45, 2.75) is 11.5 Å². The second-order valence-electron chi connectivity index (χ2n) is 19.4. The van der Waals surface area contributed by atoms with Gasteiger partial charge in [-0.2, -0.15) is 0 Å². The monoisotopic (exact) mass is 1360 g/mol. The molecule has 0 bridgehead atoms. The second kappa shape index (κ2) is 33.8. The van der Waals surface area contributed by atoms with Gasteiger partial charge >= 0.3 is 44.3 Å². The number of nitrogens with one attached hydrogen (secondary N) is 1. The van der Waals surface area contributed by atoms with Gasteiger partial charge in [0.1, 0.15) is 0 Å². The normalized spacial score (nSPS) is 10.9. The Bertz CT molecular complexity index is 4590. The summed E-state index contributed by atoms with van der Waals surface area (Å²) in [6.07, 6.45) is 0. The van der Waals surface area contributed by atoms with Crippen molar-refractivity contribution in [3.8, 4) is 33.4 Å². The van der Waals surface area contributed by atoms with E-state index in [1.54, 1.807) is 75.8 Å². The molecule has 440 valence electrons. The van der Waals surface area contributed by atoms with E-state index in [9.17, 15) is 19.1 Å². The molecule has 0 aliphatic rings. The van der Waals surface area contributed by atoms with E-state index in [1.165, 1.54) is 69.4 Å². The van der Waals surface area contributed by atoms with Crippen molar-refractivity contribution >= 4 is 162 Å². The van der Waals surface area contributed by atoms with E-state index in [1.807, 2.05) is 97.1 Å². The number of thiophene rings is 4. The molecule has 1 atom stereocenters. The fourth-order valence-electron chi connectivity index (χ4n) is 9.36. The van der Waals surface area contributed by atoms with E-state index in [2.05, 4.69) is 158 Å². The largest absolute Gasteiger partial charge is 1.00 e. The van der Waals surface area contributed by atoms with Gasteiger partial charge in [-0.15, -0.1) is 56.9 Å². The summed E-state index contributed by atoms with van der Waals surface area (Å²) in [6.45, 7) is -0.181. The third kappa shape index (κ3) is 18.8. The van der Waals surface area contributed by atoms with Crippen LogP contribution in [0.15, 0.2) is 275 Å². The van der Waals surface area contributed by atoms with Crippen LogP contribution in [0.4, 0.5) is 5.69 Å². The number of hydrogen-bond donors (Lipinski definition) is 5. The zero-order chi connectivity index (χ0) is 61.8. The number of carbonyl (C=O) groups excluding carboxylic acids is 2. The first-order valence-electron chi connectivity index (χ1n) is 27.1. The number of hydrogen-bond acceptors (Lipinski definition) is 11. The molecule has 14 rings (SSSR count). The van der Waals surface area contributed by atoms with Gasteiger partial charge in [-0.3, -0.25) is 14.2 Å². The third-order valence-corrected chi connectivity index (χ3v) is 19.4. The standard InChI is InChI=1S/C26H20NO4PS.C15H11ClS.C14H10S.C8H5BrS.C6H7BO2.CH2O3.Na/c28-26(27-21-12-10-18-8-4-5-9-19(18)14-21)25(32(29,30)31)23-16-33-24-13-11-20(15-22(23)24)17-6-2-1-3-7-17;16-9-13-10-17-15-7-6-12(8-14(13)15)11-4-2-1-3-5-11;1-2-4-11(5-3-1)12-6-7-14-13(10-12)8-9-15-14;9-7-1-2-8-6(5-7)3-4-10-8;8-7(9)6-4-2-1-3-5-6;2-1-4-3;/h1-16,25H,(H,27,28)(H2,29,30,31);1-8,10H,9H2;1-10H;1-5H;1-5,8-9H;1,3H;/q;;;;;;+1/p-1. The number of rotatable bonds is 10. The topological polar surface area (TPSA) is 176 Å². The Morgan fingerprint density at radius 2 is 1.00 bits per heavy atom. The number of anilines is 1. The summed E-state index contributed by atoms with van der Waals surface area (Å²) < 4.78 is 18.5. The quantitative estimate of drug-likeness (QED) is 0.0223. The van der Waals surface area contributed by atoms with E-state index in [0.717, 1.165) is 31.1 Å². The molecule has 0 saturated heterocycles. The Hall–Kier alpha value is -6.90. The Kier molecular flexibility index (Phi) is 25.8. The molecule has 0 saturated carbocycles. The average molecular weight is 1360 g/mol. The molecule has 1 amide bonds. The third-order valence-electron chi connectivity index (χ3n) is 13.6. The van der Waals surface area contributed by atoms with Crippen molar-refractivity contribution in [3.63, 3.8) is 0 Å². The van der Waals surface area contributed by atoms with Crippen LogP contribution in [0, 0.1) is 0 Å². The number of amides is 1. The minimum absolute atomic E-state index is 0. The SMILES string of the molecule is Brc1ccc2sccc2c1.ClCc1csc2ccc(-c3ccccc3)cc12.O=C(Nc1ccc2ccccc2c1)C(c1csc2ccc(-c3ccccc3)cc12)P(=O)(O)O.O=CO[O-].OB(O)c1ccccc1.[Na+].c1ccc(-c2ccc3sccc3c2)cc1. The average Bonchev–Trinajstić information content (AvgIpc) is 2.05. The molecule has 1 unspecified atom stereocenters. The van der Waals surface area contributed by atoms with Crippen LogP contribution < -0.4 is 45.6 Å². The molecule has 0 aliphatic carbocycles. The Balaban J connectivity index is 0.000000154. The van der Waals surface area contributed by atoms with Gasteiger partial charge in [0.2, 0.25) is 5.91 Å². The van der Waals surface area contributed by atoms with Crippen LogP contribution in [0.2, 0.25) is 0 Å². The molecule has 0 aliphatic heterocycles. The van der Waals surface area contributed by atoms with Gasteiger partial charge in [0.15, 0.2) is 5.66 Å². The molecule has 89 heavy (non-hydrogen) atoms. The summed E-state index contributed by atoms with van der Waals surface area (Å²) in [5.41, 5.74) is 7.95. The molecule has 5 N–H and O–H groups in total. The molecular weight excluding hydrogens is 1310 g/mol. The molecule has 0 spiro atoms. The van der Waals surface area contributed by atoms with Crippen molar-refractivity contribution in [3.05, 3.63) is 286 Å². The Morgan fingerprint density at radius 1 is 0.539 bits per heavy atom. The number of halogens is 2. The van der Waals surface area contributed by atoms with E-state index in [0.29, 0.717) is 28.0 Å². The van der Waals surface area contributed by atoms with E-state index >= 15 is 0 Å². The molecule has 4 aromatic heterocycles. The fraction of sp³-hybridized carbons (Fsp3) is 0.0286. The van der Waals surface area contributed by atoms with Crippen LogP contribution in [0.1, 0.15) is 16.8 Å². The maximum absolute atomic E-state index is 13.2. The predicted molar refractivity (Wildman–Crippen MR) is 372 cm³/mol. The number of alkyl halides is 1. The van der Waals surface area contributed by atoms with Crippen molar-refractivity contribution in [1.29, 1.82) is 0 Å². The first-order valence-corrected chi connectivity index (χ1v) is 33.6. The first kappa shape index (κ1) is 68.0. The maximum atomic E-state index is 13.2. The summed E-state index contributed by atoms with van der Waals surface area (Å²) in [5.74, 6) is -0.151. The van der Waals surface area contributed by atoms with Crippen LogP contribution >= 0.6 is 80.5 Å². The summed E-state index contributed by atoms with van der Waals surface area (Å²) in [5, 5.41) is 42.9. The fourth-order valence-corrected chi connectivity index (χ4v) is 14.5. The van der Waals surface area contributed by atoms with Gasteiger partial charge < -0.3 is 35.3 Å². The van der Waals surface area contributed by atoms with Crippen LogP contribution in [0.5, 0.6) is 0 Å². The molecular formula is C70H54BBrClNNaO9PS4. The molecule has 0 radical (unpaired) electrons. The smallest absolute Gasteiger partial charge is 0.662 e.